The SMILES string of the molecule is CCNC(C)Cn1cc(-c2ccc(F)cn2)nn1. The Balaban J connectivity index is 2.08. The summed E-state index contributed by atoms with van der Waals surface area (Å²) in [6.07, 6.45) is 2.99. The Kier molecular flexibility index (Phi) is 3.99. The Morgan fingerprint density at radius 3 is 2.89 bits per heavy atom. The van der Waals surface area contributed by atoms with Crippen LogP contribution in [0.2, 0.25) is 0 Å². The molecule has 0 aromatic carbocycles. The minimum absolute atomic E-state index is 0.325. The lowest BCUT2D eigenvalue weighted by Gasteiger charge is -2.10. The van der Waals surface area contributed by atoms with Crippen LogP contribution in [-0.2, 0) is 6.54 Å². The molecule has 2 rings (SSSR count). The first-order valence-electron chi connectivity index (χ1n) is 5.94. The first-order valence-corrected chi connectivity index (χ1v) is 5.94. The number of nitrogens with zero attached hydrogens (tertiary/aromatic N) is 4. The van der Waals surface area contributed by atoms with Crippen LogP contribution in [0.4, 0.5) is 4.39 Å². The number of likely N-dealkylation sites (N-methyl/N-ethyl adjacent to an activating group) is 1. The highest BCUT2D eigenvalue weighted by molar-refractivity contribution is 5.51. The minimum Gasteiger partial charge on any atom is -0.313 e. The first-order chi connectivity index (χ1) is 8.69. The molecule has 0 amide bonds. The number of hydrogen-bond acceptors (Lipinski definition) is 4. The van der Waals surface area contributed by atoms with Gasteiger partial charge in [-0.15, -0.1) is 5.10 Å². The monoisotopic (exact) mass is 249 g/mol. The Bertz CT molecular complexity index is 493. The number of pyridine rings is 1. The zero-order valence-electron chi connectivity index (χ0n) is 10.5. The highest BCUT2D eigenvalue weighted by Crippen LogP contribution is 2.12. The van der Waals surface area contributed by atoms with Crippen LogP contribution in [0.3, 0.4) is 0 Å². The van der Waals surface area contributed by atoms with Crippen molar-refractivity contribution in [2.75, 3.05) is 6.54 Å². The topological polar surface area (TPSA) is 55.6 Å². The fraction of sp³-hybridized carbons (Fsp3) is 0.417. The molecule has 2 heterocycles. The molecule has 0 fully saturated rings. The average Bonchev–Trinajstić information content (AvgIpc) is 2.78. The highest BCUT2D eigenvalue weighted by atomic mass is 19.1. The van der Waals surface area contributed by atoms with Gasteiger partial charge in [-0.3, -0.25) is 9.67 Å². The number of aromatic nitrogens is 4. The van der Waals surface area contributed by atoms with E-state index in [0.717, 1.165) is 13.1 Å². The van der Waals surface area contributed by atoms with Gasteiger partial charge in [-0.2, -0.15) is 0 Å². The molecule has 0 aliphatic carbocycles. The second kappa shape index (κ2) is 5.68. The highest BCUT2D eigenvalue weighted by Gasteiger charge is 2.07. The summed E-state index contributed by atoms with van der Waals surface area (Å²) in [6.45, 7) is 5.80. The van der Waals surface area contributed by atoms with Crippen molar-refractivity contribution in [3.8, 4) is 11.4 Å². The molecule has 0 spiro atoms. The van der Waals surface area contributed by atoms with Crippen molar-refractivity contribution in [3.63, 3.8) is 0 Å². The van der Waals surface area contributed by atoms with Crippen LogP contribution in [0.15, 0.2) is 24.5 Å². The lowest BCUT2D eigenvalue weighted by atomic mass is 10.3. The van der Waals surface area contributed by atoms with Gasteiger partial charge in [-0.1, -0.05) is 12.1 Å². The zero-order valence-corrected chi connectivity index (χ0v) is 10.5. The molecule has 0 radical (unpaired) electrons. The van der Waals surface area contributed by atoms with E-state index in [2.05, 4.69) is 34.5 Å². The first kappa shape index (κ1) is 12.6. The molecule has 0 aliphatic rings. The maximum absolute atomic E-state index is 12.8. The summed E-state index contributed by atoms with van der Waals surface area (Å²) >= 11 is 0. The third kappa shape index (κ3) is 3.10. The summed E-state index contributed by atoms with van der Waals surface area (Å²) < 4.78 is 14.5. The van der Waals surface area contributed by atoms with Crippen LogP contribution in [0.5, 0.6) is 0 Å². The van der Waals surface area contributed by atoms with Gasteiger partial charge in [-0.25, -0.2) is 4.39 Å². The second-order valence-corrected chi connectivity index (χ2v) is 4.15. The lowest BCUT2D eigenvalue weighted by molar-refractivity contribution is 0.453. The molecule has 96 valence electrons. The van der Waals surface area contributed by atoms with E-state index in [1.807, 2.05) is 6.20 Å². The molecular weight excluding hydrogens is 233 g/mol. The van der Waals surface area contributed by atoms with Gasteiger partial charge in [0.1, 0.15) is 11.5 Å². The molecule has 1 N–H and O–H groups in total. The summed E-state index contributed by atoms with van der Waals surface area (Å²) in [5.41, 5.74) is 1.28. The Morgan fingerprint density at radius 2 is 2.22 bits per heavy atom. The van der Waals surface area contributed by atoms with Crippen LogP contribution in [0, 0.1) is 5.82 Å². The summed E-state index contributed by atoms with van der Waals surface area (Å²) in [7, 11) is 0. The van der Waals surface area contributed by atoms with E-state index >= 15 is 0 Å². The predicted molar refractivity (Wildman–Crippen MR) is 66.3 cm³/mol. The Morgan fingerprint density at radius 1 is 1.39 bits per heavy atom. The molecule has 2 aromatic heterocycles. The van der Waals surface area contributed by atoms with Gasteiger partial charge in [0.25, 0.3) is 0 Å². The third-order valence-electron chi connectivity index (χ3n) is 2.54. The summed E-state index contributed by atoms with van der Waals surface area (Å²) in [4.78, 5) is 3.97. The quantitative estimate of drug-likeness (QED) is 0.872. The summed E-state index contributed by atoms with van der Waals surface area (Å²) in [6, 6.07) is 3.28. The number of hydrogen-bond donors (Lipinski definition) is 1. The normalized spacial score (nSPS) is 12.6. The molecule has 5 nitrogen and oxygen atoms in total. The lowest BCUT2D eigenvalue weighted by Crippen LogP contribution is -2.30. The van der Waals surface area contributed by atoms with E-state index < -0.39 is 0 Å². The number of nitrogens with one attached hydrogen (secondary N) is 1. The van der Waals surface area contributed by atoms with Gasteiger partial charge < -0.3 is 5.32 Å². The number of halogens is 1. The molecule has 1 atom stereocenters. The molecule has 0 bridgehead atoms. The molecule has 2 aromatic rings. The summed E-state index contributed by atoms with van der Waals surface area (Å²) in [5.74, 6) is -0.355. The van der Waals surface area contributed by atoms with Crippen LogP contribution in [-0.4, -0.2) is 32.6 Å². The van der Waals surface area contributed by atoms with Crippen LogP contribution in [0.25, 0.3) is 11.4 Å². The fourth-order valence-corrected chi connectivity index (χ4v) is 1.73. The standard InChI is InChI=1S/C12H16FN5/c1-3-14-9(2)7-18-8-12(16-17-18)11-5-4-10(13)6-15-11/h4-6,8-9,14H,3,7H2,1-2H3. The minimum atomic E-state index is -0.355. The predicted octanol–water partition coefficient (Wildman–Crippen LogP) is 1.48. The fourth-order valence-electron chi connectivity index (χ4n) is 1.73. The molecule has 0 aliphatic heterocycles. The van der Waals surface area contributed by atoms with Crippen molar-refractivity contribution in [1.29, 1.82) is 0 Å². The maximum Gasteiger partial charge on any atom is 0.141 e. The number of rotatable bonds is 5. The Labute approximate surface area is 105 Å². The van der Waals surface area contributed by atoms with E-state index in [1.54, 1.807) is 10.7 Å². The molecular formula is C12H16FN5. The van der Waals surface area contributed by atoms with Gasteiger partial charge in [0.2, 0.25) is 0 Å². The van der Waals surface area contributed by atoms with Crippen molar-refractivity contribution in [2.45, 2.75) is 26.4 Å². The molecule has 0 saturated heterocycles. The molecule has 1 unspecified atom stereocenters. The van der Waals surface area contributed by atoms with Crippen molar-refractivity contribution in [1.82, 2.24) is 25.3 Å². The zero-order chi connectivity index (χ0) is 13.0. The maximum atomic E-state index is 12.8. The van der Waals surface area contributed by atoms with E-state index in [-0.39, 0.29) is 5.82 Å². The van der Waals surface area contributed by atoms with Gasteiger partial charge in [0.05, 0.1) is 24.6 Å². The van der Waals surface area contributed by atoms with Gasteiger partial charge >= 0.3 is 0 Å². The molecule has 18 heavy (non-hydrogen) atoms. The average molecular weight is 249 g/mol. The van der Waals surface area contributed by atoms with E-state index in [4.69, 9.17) is 0 Å². The van der Waals surface area contributed by atoms with Crippen LogP contribution in [0.1, 0.15) is 13.8 Å². The van der Waals surface area contributed by atoms with Crippen molar-refractivity contribution in [2.24, 2.45) is 0 Å². The van der Waals surface area contributed by atoms with Crippen molar-refractivity contribution < 1.29 is 4.39 Å². The van der Waals surface area contributed by atoms with Gasteiger partial charge in [-0.05, 0) is 25.6 Å². The third-order valence-corrected chi connectivity index (χ3v) is 2.54. The molecule has 6 heteroatoms. The second-order valence-electron chi connectivity index (χ2n) is 4.15. The van der Waals surface area contributed by atoms with Crippen LogP contribution < -0.4 is 5.32 Å². The Hall–Kier alpha value is -1.82. The van der Waals surface area contributed by atoms with Gasteiger partial charge in [0.15, 0.2) is 0 Å². The largest absolute Gasteiger partial charge is 0.313 e. The van der Waals surface area contributed by atoms with Gasteiger partial charge in [0, 0.05) is 6.04 Å². The van der Waals surface area contributed by atoms with E-state index in [1.165, 1.54) is 12.3 Å². The van der Waals surface area contributed by atoms with E-state index in [9.17, 15) is 4.39 Å². The van der Waals surface area contributed by atoms with Crippen molar-refractivity contribution >= 4 is 0 Å². The van der Waals surface area contributed by atoms with E-state index in [0.29, 0.717) is 17.4 Å². The van der Waals surface area contributed by atoms with Crippen molar-refractivity contribution in [3.05, 3.63) is 30.3 Å². The summed E-state index contributed by atoms with van der Waals surface area (Å²) in [5, 5.41) is 11.4. The van der Waals surface area contributed by atoms with Crippen LogP contribution >= 0.6 is 0 Å². The molecule has 0 saturated carbocycles. The smallest absolute Gasteiger partial charge is 0.141 e.